The second-order valence-corrected chi connectivity index (χ2v) is 6.43. The number of nitrogens with one attached hydrogen (secondary N) is 1. The van der Waals surface area contributed by atoms with Crippen molar-refractivity contribution in [3.05, 3.63) is 71.2 Å². The molecule has 3 aromatic rings. The molecule has 126 valence electrons. The summed E-state index contributed by atoms with van der Waals surface area (Å²) >= 11 is 1.28. The monoisotopic (exact) mass is 351 g/mol. The Kier molecular flexibility index (Phi) is 5.20. The van der Waals surface area contributed by atoms with E-state index in [1.165, 1.54) is 11.3 Å². The third kappa shape index (κ3) is 4.74. The molecule has 5 nitrogen and oxygen atoms in total. The second-order valence-electron chi connectivity index (χ2n) is 5.57. The summed E-state index contributed by atoms with van der Waals surface area (Å²) in [5.41, 5.74) is 8.88. The quantitative estimate of drug-likeness (QED) is 0.716. The van der Waals surface area contributed by atoms with E-state index in [-0.39, 0.29) is 18.7 Å². The van der Waals surface area contributed by atoms with Crippen molar-refractivity contribution in [2.45, 2.75) is 12.8 Å². The topological polar surface area (TPSA) is 85.1 Å². The fourth-order valence-electron chi connectivity index (χ4n) is 2.42. The van der Waals surface area contributed by atoms with Gasteiger partial charge in [0.2, 0.25) is 11.8 Å². The number of aromatic nitrogens is 1. The molecule has 3 rings (SSSR count). The highest BCUT2D eigenvalue weighted by Crippen LogP contribution is 2.20. The molecule has 0 atom stereocenters. The molecule has 2 aromatic carbocycles. The lowest BCUT2D eigenvalue weighted by Gasteiger charge is -2.05. The van der Waals surface area contributed by atoms with Crippen molar-refractivity contribution >= 4 is 28.3 Å². The predicted octanol–water partition coefficient (Wildman–Crippen LogP) is 3.02. The lowest BCUT2D eigenvalue weighted by Crippen LogP contribution is -2.15. The van der Waals surface area contributed by atoms with Gasteiger partial charge >= 0.3 is 0 Å². The van der Waals surface area contributed by atoms with E-state index in [0.29, 0.717) is 10.8 Å². The van der Waals surface area contributed by atoms with E-state index in [4.69, 9.17) is 5.73 Å². The van der Waals surface area contributed by atoms with Gasteiger partial charge in [-0.3, -0.25) is 9.59 Å². The maximum absolute atomic E-state index is 12.1. The first kappa shape index (κ1) is 16.9. The predicted molar refractivity (Wildman–Crippen MR) is 99.2 cm³/mol. The summed E-state index contributed by atoms with van der Waals surface area (Å²) in [4.78, 5) is 27.2. The third-order valence-corrected chi connectivity index (χ3v) is 4.39. The molecule has 0 bridgehead atoms. The first-order valence-corrected chi connectivity index (χ1v) is 8.65. The van der Waals surface area contributed by atoms with Crippen LogP contribution < -0.4 is 11.1 Å². The fraction of sp³-hybridized carbons (Fsp3) is 0.105. The summed E-state index contributed by atoms with van der Waals surface area (Å²) in [5.74, 6) is -0.589. The third-order valence-electron chi connectivity index (χ3n) is 3.58. The van der Waals surface area contributed by atoms with Gasteiger partial charge in [0, 0.05) is 5.38 Å². The lowest BCUT2D eigenvalue weighted by atomic mass is 10.0. The summed E-state index contributed by atoms with van der Waals surface area (Å²) in [7, 11) is 0. The first-order chi connectivity index (χ1) is 12.1. The standard InChI is InChI=1S/C19H17N3O2S/c20-17(23)11-16-12-25-19(21-16)22-18(24)10-13-6-8-15(9-7-13)14-4-2-1-3-5-14/h1-9,12H,10-11H2,(H2,20,23)(H,21,22,24). The number of anilines is 1. The molecule has 0 aliphatic carbocycles. The number of hydrogen-bond donors (Lipinski definition) is 2. The molecule has 2 amide bonds. The summed E-state index contributed by atoms with van der Waals surface area (Å²) < 4.78 is 0. The van der Waals surface area contributed by atoms with E-state index in [1.807, 2.05) is 54.6 Å². The van der Waals surface area contributed by atoms with Gasteiger partial charge in [-0.2, -0.15) is 0 Å². The molecular formula is C19H17N3O2S. The molecule has 0 saturated heterocycles. The molecule has 3 N–H and O–H groups in total. The number of amides is 2. The number of primary amides is 1. The number of nitrogens with zero attached hydrogens (tertiary/aromatic N) is 1. The number of rotatable bonds is 6. The van der Waals surface area contributed by atoms with Crippen LogP contribution in [-0.4, -0.2) is 16.8 Å². The Morgan fingerprint density at radius 2 is 1.64 bits per heavy atom. The number of hydrogen-bond acceptors (Lipinski definition) is 4. The van der Waals surface area contributed by atoms with Crippen LogP contribution >= 0.6 is 11.3 Å². The van der Waals surface area contributed by atoms with Crippen LogP contribution in [0.15, 0.2) is 60.0 Å². The maximum Gasteiger partial charge on any atom is 0.230 e. The van der Waals surface area contributed by atoms with E-state index in [9.17, 15) is 9.59 Å². The summed E-state index contributed by atoms with van der Waals surface area (Å²) in [5, 5.41) is 4.94. The normalized spacial score (nSPS) is 10.4. The number of nitrogens with two attached hydrogens (primary N) is 1. The average molecular weight is 351 g/mol. The van der Waals surface area contributed by atoms with Crippen LogP contribution in [0.25, 0.3) is 11.1 Å². The Labute approximate surface area is 149 Å². The Morgan fingerprint density at radius 1 is 0.960 bits per heavy atom. The summed E-state index contributed by atoms with van der Waals surface area (Å²) in [6, 6.07) is 18.0. The summed E-state index contributed by atoms with van der Waals surface area (Å²) in [6.07, 6.45) is 0.340. The molecule has 0 fully saturated rings. The molecule has 1 aromatic heterocycles. The van der Waals surface area contributed by atoms with E-state index < -0.39 is 5.91 Å². The highest BCUT2D eigenvalue weighted by atomic mass is 32.1. The van der Waals surface area contributed by atoms with Crippen LogP contribution in [0.4, 0.5) is 5.13 Å². The van der Waals surface area contributed by atoms with Gasteiger partial charge in [0.25, 0.3) is 0 Å². The van der Waals surface area contributed by atoms with E-state index >= 15 is 0 Å². The largest absolute Gasteiger partial charge is 0.369 e. The molecule has 6 heteroatoms. The highest BCUT2D eigenvalue weighted by Gasteiger charge is 2.09. The Bertz CT molecular complexity index is 873. The van der Waals surface area contributed by atoms with Crippen molar-refractivity contribution in [3.8, 4) is 11.1 Å². The van der Waals surface area contributed by atoms with Gasteiger partial charge < -0.3 is 11.1 Å². The van der Waals surface area contributed by atoms with Gasteiger partial charge in [-0.05, 0) is 16.7 Å². The average Bonchev–Trinajstić information content (AvgIpc) is 3.02. The van der Waals surface area contributed by atoms with Crippen molar-refractivity contribution < 1.29 is 9.59 Å². The zero-order valence-electron chi connectivity index (χ0n) is 13.4. The number of benzene rings is 2. The lowest BCUT2D eigenvalue weighted by molar-refractivity contribution is -0.117. The Hall–Kier alpha value is -2.99. The van der Waals surface area contributed by atoms with Crippen LogP contribution in [0.2, 0.25) is 0 Å². The van der Waals surface area contributed by atoms with E-state index in [1.54, 1.807) is 5.38 Å². The minimum atomic E-state index is -0.443. The summed E-state index contributed by atoms with van der Waals surface area (Å²) in [6.45, 7) is 0. The highest BCUT2D eigenvalue weighted by molar-refractivity contribution is 7.13. The smallest absolute Gasteiger partial charge is 0.230 e. The number of carbonyl (C=O) groups excluding carboxylic acids is 2. The van der Waals surface area contributed by atoms with Crippen molar-refractivity contribution in [1.29, 1.82) is 0 Å². The van der Waals surface area contributed by atoms with Gasteiger partial charge in [-0.1, -0.05) is 54.6 Å². The number of carbonyl (C=O) groups is 2. The molecular weight excluding hydrogens is 334 g/mol. The van der Waals surface area contributed by atoms with Gasteiger partial charge in [-0.15, -0.1) is 11.3 Å². The van der Waals surface area contributed by atoms with Gasteiger partial charge in [-0.25, -0.2) is 4.98 Å². The number of thiazole rings is 1. The van der Waals surface area contributed by atoms with Crippen molar-refractivity contribution in [3.63, 3.8) is 0 Å². The van der Waals surface area contributed by atoms with Crippen LogP contribution in [0, 0.1) is 0 Å². The zero-order chi connectivity index (χ0) is 17.6. The first-order valence-electron chi connectivity index (χ1n) is 7.77. The van der Waals surface area contributed by atoms with Gasteiger partial charge in [0.1, 0.15) is 0 Å². The molecule has 0 unspecified atom stereocenters. The van der Waals surface area contributed by atoms with Crippen molar-refractivity contribution in [2.24, 2.45) is 5.73 Å². The zero-order valence-corrected chi connectivity index (χ0v) is 14.3. The fourth-order valence-corrected chi connectivity index (χ4v) is 3.15. The maximum atomic E-state index is 12.1. The van der Waals surface area contributed by atoms with Crippen molar-refractivity contribution in [1.82, 2.24) is 4.98 Å². The molecule has 0 saturated carbocycles. The molecule has 1 heterocycles. The van der Waals surface area contributed by atoms with E-state index in [0.717, 1.165) is 16.7 Å². The molecule has 0 aliphatic rings. The molecule has 25 heavy (non-hydrogen) atoms. The van der Waals surface area contributed by atoms with Gasteiger partial charge in [0.05, 0.1) is 18.5 Å². The Balaban J connectivity index is 1.59. The van der Waals surface area contributed by atoms with E-state index in [2.05, 4.69) is 10.3 Å². The SMILES string of the molecule is NC(=O)Cc1csc(NC(=O)Cc2ccc(-c3ccccc3)cc2)n1. The van der Waals surface area contributed by atoms with Crippen LogP contribution in [0.1, 0.15) is 11.3 Å². The second kappa shape index (κ2) is 7.72. The molecule has 0 spiro atoms. The van der Waals surface area contributed by atoms with Gasteiger partial charge in [0.15, 0.2) is 5.13 Å². The minimum Gasteiger partial charge on any atom is -0.369 e. The molecule has 0 radical (unpaired) electrons. The minimum absolute atomic E-state index is 0.0767. The van der Waals surface area contributed by atoms with Crippen molar-refractivity contribution in [2.75, 3.05) is 5.32 Å². The molecule has 0 aliphatic heterocycles. The van der Waals surface area contributed by atoms with Crippen LogP contribution in [0.5, 0.6) is 0 Å². The van der Waals surface area contributed by atoms with Crippen LogP contribution in [-0.2, 0) is 22.4 Å². The Morgan fingerprint density at radius 3 is 2.32 bits per heavy atom. The van der Waals surface area contributed by atoms with Crippen LogP contribution in [0.3, 0.4) is 0 Å².